The minimum absolute atomic E-state index is 0.00540. The van der Waals surface area contributed by atoms with E-state index in [0.717, 1.165) is 13.8 Å². The second-order valence-corrected chi connectivity index (χ2v) is 20.7. The minimum atomic E-state index is -2.39. The Morgan fingerprint density at radius 1 is 0.952 bits per heavy atom. The maximum absolute atomic E-state index is 15.5. The number of nitrogens with one attached hydrogen (secondary N) is 1. The van der Waals surface area contributed by atoms with Crippen molar-refractivity contribution in [2.45, 2.75) is 131 Å². The van der Waals surface area contributed by atoms with Crippen LogP contribution in [0.3, 0.4) is 0 Å². The van der Waals surface area contributed by atoms with E-state index in [1.54, 1.807) is 76.2 Å². The van der Waals surface area contributed by atoms with Crippen LogP contribution in [0.5, 0.6) is 0 Å². The van der Waals surface area contributed by atoms with E-state index in [2.05, 4.69) is 37.2 Å². The second-order valence-electron chi connectivity index (χ2n) is 17.7. The first-order chi connectivity index (χ1) is 28.9. The van der Waals surface area contributed by atoms with E-state index in [0.29, 0.717) is 5.56 Å². The molecule has 0 aromatic heterocycles. The van der Waals surface area contributed by atoms with E-state index in [9.17, 15) is 39.3 Å². The van der Waals surface area contributed by atoms with E-state index in [-0.39, 0.29) is 29.7 Å². The number of benzene rings is 2. The number of hydrogen-bond acceptors (Lipinski definition) is 14. The molecule has 1 heterocycles. The fourth-order valence-corrected chi connectivity index (χ4v) is 10.2. The fourth-order valence-electron chi connectivity index (χ4n) is 9.83. The molecule has 2 saturated carbocycles. The summed E-state index contributed by atoms with van der Waals surface area (Å²) in [7, 11) is 0. The number of Topliss-reactive ketones (excluding diaryl/α,β-unsaturated/α-hetero) is 1. The van der Waals surface area contributed by atoms with Gasteiger partial charge in [-0.15, -0.1) is 0 Å². The monoisotopic (exact) mass is 989 g/mol. The van der Waals surface area contributed by atoms with Crippen LogP contribution in [0.1, 0.15) is 90.2 Å². The van der Waals surface area contributed by atoms with E-state index < -0.39 is 122 Å². The van der Waals surface area contributed by atoms with Crippen molar-refractivity contribution in [3.8, 4) is 0 Å². The maximum atomic E-state index is 15.5. The summed E-state index contributed by atoms with van der Waals surface area (Å²) in [6, 6.07) is 14.7. The van der Waals surface area contributed by atoms with Crippen molar-refractivity contribution in [3.63, 3.8) is 0 Å². The van der Waals surface area contributed by atoms with Gasteiger partial charge in [-0.05, 0) is 49.6 Å². The average Bonchev–Trinajstić information content (AvgIpc) is 3.20. The topological polar surface area (TPSA) is 221 Å². The maximum Gasteiger partial charge on any atom is 0.338 e. The Bertz CT molecular complexity index is 2140. The fraction of sp³-hybridized carbons (Fsp3) is 0.556. The van der Waals surface area contributed by atoms with Crippen LogP contribution in [0, 0.1) is 16.7 Å². The standard InChI is InChI=1S/C45H53Br2NO14/c1-22-28(60-39(55)33(52)32(26-15-11-9-12-16-26)48-40(56)43(8,47)23(2)46)20-45(57)37(61-38(54)27-17-13-10-14-18-27)35-42(7,29(51)19-30-44(35,21-58-30)62-25(4)50)36(53)34(59-24(3)49)31(22)41(45,5)6/h9-18,23,28-30,32-35,37,51-52,57H,19-21H2,1-8H3,(H,48,56)/t23-,28-,29-,30+,32-,33+,34+,35-,37-,42+,43-,44-,45-/m0/s1. The molecule has 1 aliphatic heterocycles. The lowest BCUT2D eigenvalue weighted by molar-refractivity contribution is -0.346. The van der Waals surface area contributed by atoms with E-state index in [4.69, 9.17) is 23.7 Å². The highest BCUT2D eigenvalue weighted by Gasteiger charge is 2.78. The Kier molecular flexibility index (Phi) is 13.2. The molecule has 0 unspecified atom stereocenters. The van der Waals surface area contributed by atoms with Gasteiger partial charge in [0.1, 0.15) is 28.2 Å². The second kappa shape index (κ2) is 17.2. The molecule has 62 heavy (non-hydrogen) atoms. The number of aliphatic hydroxyl groups excluding tert-OH is 2. The van der Waals surface area contributed by atoms with Crippen molar-refractivity contribution in [3.05, 3.63) is 82.9 Å². The lowest BCUT2D eigenvalue weighted by Gasteiger charge is -2.67. The highest BCUT2D eigenvalue weighted by molar-refractivity contribution is 9.12. The van der Waals surface area contributed by atoms with Gasteiger partial charge in [0.05, 0.1) is 35.6 Å². The van der Waals surface area contributed by atoms with Crippen LogP contribution in [0.25, 0.3) is 0 Å². The first kappa shape index (κ1) is 47.5. The summed E-state index contributed by atoms with van der Waals surface area (Å²) < 4.78 is 29.1. The Morgan fingerprint density at radius 2 is 1.55 bits per heavy atom. The number of halogens is 2. The quantitative estimate of drug-likeness (QED) is 0.106. The molecule has 4 aliphatic rings. The third-order valence-corrected chi connectivity index (χ3v) is 16.2. The van der Waals surface area contributed by atoms with Gasteiger partial charge in [-0.1, -0.05) is 101 Å². The molecule has 2 aromatic carbocycles. The number of carbonyl (C=O) groups is 6. The average molecular weight is 992 g/mol. The highest BCUT2D eigenvalue weighted by atomic mass is 79.9. The van der Waals surface area contributed by atoms with Gasteiger partial charge in [0.25, 0.3) is 0 Å². The van der Waals surface area contributed by atoms with Crippen LogP contribution in [0.15, 0.2) is 71.8 Å². The molecule has 336 valence electrons. The van der Waals surface area contributed by atoms with Crippen LogP contribution in [-0.4, -0.2) is 114 Å². The predicted molar refractivity (Wildman–Crippen MR) is 228 cm³/mol. The summed E-state index contributed by atoms with van der Waals surface area (Å²) in [5.74, 6) is -6.83. The van der Waals surface area contributed by atoms with Crippen molar-refractivity contribution < 1.29 is 67.8 Å². The summed E-state index contributed by atoms with van der Waals surface area (Å²) in [6.45, 7) is 11.3. The number of hydrogen-bond donors (Lipinski definition) is 4. The summed E-state index contributed by atoms with van der Waals surface area (Å²) >= 11 is 6.85. The van der Waals surface area contributed by atoms with Gasteiger partial charge in [0.2, 0.25) is 5.91 Å². The number of fused-ring (bicyclic) bond motifs is 5. The summed E-state index contributed by atoms with van der Waals surface area (Å²) in [6.07, 6.45) is -10.5. The van der Waals surface area contributed by atoms with Crippen LogP contribution in [0.4, 0.5) is 0 Å². The molecule has 3 fully saturated rings. The Labute approximate surface area is 376 Å². The molecule has 1 saturated heterocycles. The smallest absolute Gasteiger partial charge is 0.338 e. The Hall–Kier alpha value is -4.00. The third-order valence-electron chi connectivity index (χ3n) is 13.6. The van der Waals surface area contributed by atoms with Crippen molar-refractivity contribution in [1.29, 1.82) is 0 Å². The van der Waals surface area contributed by atoms with Gasteiger partial charge in [-0.25, -0.2) is 9.59 Å². The summed E-state index contributed by atoms with van der Waals surface area (Å²) in [5.41, 5.74) is -7.30. The van der Waals surface area contributed by atoms with Crippen molar-refractivity contribution in [2.24, 2.45) is 16.7 Å². The van der Waals surface area contributed by atoms with Crippen LogP contribution >= 0.6 is 31.9 Å². The number of alkyl halides is 2. The molecule has 13 atom stereocenters. The molecule has 17 heteroatoms. The normalized spacial score (nSPS) is 33.5. The first-order valence-electron chi connectivity index (χ1n) is 20.3. The zero-order valence-electron chi connectivity index (χ0n) is 35.7. The molecule has 15 nitrogen and oxygen atoms in total. The number of carbonyl (C=O) groups excluding carboxylic acids is 6. The molecule has 0 spiro atoms. The summed E-state index contributed by atoms with van der Waals surface area (Å²) in [5, 5.41) is 40.3. The highest BCUT2D eigenvalue weighted by Crippen LogP contribution is 2.64. The number of rotatable bonds is 11. The van der Waals surface area contributed by atoms with Gasteiger partial charge in [0.15, 0.2) is 23.6 Å². The van der Waals surface area contributed by atoms with Crippen LogP contribution < -0.4 is 5.32 Å². The van der Waals surface area contributed by atoms with Gasteiger partial charge >= 0.3 is 23.9 Å². The molecular weight excluding hydrogens is 938 g/mol. The van der Waals surface area contributed by atoms with Crippen molar-refractivity contribution >= 4 is 67.4 Å². The lowest BCUT2D eigenvalue weighted by Crippen LogP contribution is -2.82. The van der Waals surface area contributed by atoms with Gasteiger partial charge in [0, 0.05) is 36.9 Å². The molecule has 4 N–H and O–H groups in total. The molecule has 2 bridgehead atoms. The van der Waals surface area contributed by atoms with Crippen LogP contribution in [-0.2, 0) is 47.7 Å². The van der Waals surface area contributed by atoms with E-state index >= 15 is 4.79 Å². The van der Waals surface area contributed by atoms with Crippen molar-refractivity contribution in [1.82, 2.24) is 5.32 Å². The Morgan fingerprint density at radius 3 is 2.08 bits per heavy atom. The number of esters is 4. The molecule has 6 rings (SSSR count). The lowest BCUT2D eigenvalue weighted by atomic mass is 9.44. The molecule has 3 aliphatic carbocycles. The first-order valence-corrected chi connectivity index (χ1v) is 22.0. The van der Waals surface area contributed by atoms with Crippen LogP contribution in [0.2, 0.25) is 0 Å². The SMILES string of the molecule is CC(=O)O[C@H]1C(=O)[C@@]2(C)[C@H]([C@H](OC(=O)c3ccccc3)[C@@]3(O)C[C@H](OC(=O)[C@H](O)[C@@H](NC(=O)[C@@](C)(Br)[C@H](C)Br)c4ccccc4)C(C)=C1C3(C)C)[C@]1(OC(C)=O)CO[C@@H]1C[C@@H]2O. The zero-order chi connectivity index (χ0) is 45.9. The van der Waals surface area contributed by atoms with E-state index in [1.807, 2.05) is 0 Å². The minimum Gasteiger partial charge on any atom is -0.456 e. The van der Waals surface area contributed by atoms with E-state index in [1.165, 1.54) is 26.0 Å². The van der Waals surface area contributed by atoms with Crippen molar-refractivity contribution in [2.75, 3.05) is 6.61 Å². The number of ether oxygens (including phenoxy) is 5. The van der Waals surface area contributed by atoms with Gasteiger partial charge in [-0.2, -0.15) is 0 Å². The summed E-state index contributed by atoms with van der Waals surface area (Å²) in [4.78, 5) is 83.3. The third kappa shape index (κ3) is 7.84. The Balaban J connectivity index is 1.54. The number of amides is 1. The molecule has 0 radical (unpaired) electrons. The molecule has 2 aromatic rings. The largest absolute Gasteiger partial charge is 0.456 e. The zero-order valence-corrected chi connectivity index (χ0v) is 38.9. The number of aliphatic hydroxyl groups is 3. The molecule has 1 amide bonds. The molecular formula is C45H53Br2NO14. The van der Waals surface area contributed by atoms with Gasteiger partial charge in [-0.3, -0.25) is 19.2 Å². The predicted octanol–water partition coefficient (Wildman–Crippen LogP) is 4.36. The number of ketones is 1. The van der Waals surface area contributed by atoms with Gasteiger partial charge < -0.3 is 44.3 Å².